The van der Waals surface area contributed by atoms with Gasteiger partial charge in [-0.15, -0.1) is 16.4 Å². The Balaban J connectivity index is 1.54. The molecule has 2 heterocycles. The summed E-state index contributed by atoms with van der Waals surface area (Å²) in [6.07, 6.45) is -7.53. The van der Waals surface area contributed by atoms with Crippen LogP contribution in [0.15, 0.2) is 48.1 Å². The summed E-state index contributed by atoms with van der Waals surface area (Å²) < 4.78 is 88.5. The van der Waals surface area contributed by atoms with Gasteiger partial charge in [0.15, 0.2) is 12.4 Å². The number of nitrogens with zero attached hydrogens (tertiary/aromatic N) is 4. The number of hydrogen-bond acceptors (Lipinski definition) is 8. The Morgan fingerprint density at radius 1 is 1.04 bits per heavy atom. The van der Waals surface area contributed by atoms with Crippen molar-refractivity contribution in [2.45, 2.75) is 77.4 Å². The van der Waals surface area contributed by atoms with Crippen molar-refractivity contribution in [2.24, 2.45) is 5.92 Å². The number of fused-ring (bicyclic) bond motifs is 1. The van der Waals surface area contributed by atoms with Gasteiger partial charge >= 0.3 is 18.3 Å². The number of halogens is 6. The number of aromatic nitrogens is 4. The lowest BCUT2D eigenvalue weighted by molar-refractivity contribution is -0.144. The van der Waals surface area contributed by atoms with Gasteiger partial charge in [-0.1, -0.05) is 51.0 Å². The number of carbonyl (C=O) groups excluding carboxylic acids is 2. The molecule has 0 saturated carbocycles. The van der Waals surface area contributed by atoms with E-state index in [1.165, 1.54) is 4.68 Å². The van der Waals surface area contributed by atoms with Crippen molar-refractivity contribution >= 4 is 33.3 Å². The predicted molar refractivity (Wildman–Crippen MR) is 159 cm³/mol. The number of ether oxygens (including phenoxy) is 1. The quantitative estimate of drug-likeness (QED) is 0.115. The van der Waals surface area contributed by atoms with E-state index < -0.39 is 59.0 Å². The van der Waals surface area contributed by atoms with E-state index in [1.807, 2.05) is 45.9 Å². The van der Waals surface area contributed by atoms with Crippen LogP contribution in [-0.2, 0) is 34.0 Å². The number of unbranched alkanes of at least 4 members (excludes halogenated alkanes) is 1. The molecule has 0 spiro atoms. The van der Waals surface area contributed by atoms with Crippen molar-refractivity contribution in [1.82, 2.24) is 25.3 Å². The first kappa shape index (κ1) is 35.0. The van der Waals surface area contributed by atoms with Crippen LogP contribution in [-0.4, -0.2) is 38.3 Å². The third-order valence-electron chi connectivity index (χ3n) is 8.00. The average molecular weight is 670 g/mol. The summed E-state index contributed by atoms with van der Waals surface area (Å²) in [5.74, 6) is -2.66. The average Bonchev–Trinajstić information content (AvgIpc) is 3.68. The standard InChI is InChI=1S/C31H33F6N5O3S/c1-5-6-10-23(24(43)16-45-28(44)27-20(30(32,33)34)8-7-9-21(27)31(35,36)37)42-15-26(40-41-42)29(4,18(2)3)39-14-19-11-12-25-22(13-19)38-17-46-25/h7-9,11-13,15,17-18,23,39H,5-6,10,14,16H2,1-4H3/t23-,29-/m0/s1. The van der Waals surface area contributed by atoms with E-state index in [0.717, 1.165) is 15.8 Å². The van der Waals surface area contributed by atoms with Crippen LogP contribution < -0.4 is 5.32 Å². The lowest BCUT2D eigenvalue weighted by Crippen LogP contribution is -2.44. The van der Waals surface area contributed by atoms with E-state index in [4.69, 9.17) is 4.74 Å². The maximum absolute atomic E-state index is 13.6. The molecule has 4 aromatic rings. The van der Waals surface area contributed by atoms with Crippen LogP contribution in [0.3, 0.4) is 0 Å². The van der Waals surface area contributed by atoms with Crippen molar-refractivity contribution in [3.8, 4) is 0 Å². The molecular formula is C31H33F6N5O3S. The van der Waals surface area contributed by atoms with Crippen molar-refractivity contribution in [3.05, 3.63) is 76.1 Å². The van der Waals surface area contributed by atoms with Crippen molar-refractivity contribution in [2.75, 3.05) is 6.61 Å². The van der Waals surface area contributed by atoms with Crippen LogP contribution in [0.4, 0.5) is 26.3 Å². The van der Waals surface area contributed by atoms with Crippen LogP contribution in [0.5, 0.6) is 0 Å². The number of esters is 1. The zero-order chi connectivity index (χ0) is 33.9. The van der Waals surface area contributed by atoms with Gasteiger partial charge in [0.25, 0.3) is 0 Å². The highest BCUT2D eigenvalue weighted by Crippen LogP contribution is 2.40. The van der Waals surface area contributed by atoms with Crippen molar-refractivity contribution in [3.63, 3.8) is 0 Å². The molecular weight excluding hydrogens is 636 g/mol. The zero-order valence-electron chi connectivity index (χ0n) is 25.5. The smallest absolute Gasteiger partial charge is 0.417 e. The van der Waals surface area contributed by atoms with Crippen LogP contribution in [0, 0.1) is 5.92 Å². The molecule has 15 heteroatoms. The number of Topliss-reactive ketones (excluding diaryl/α,β-unsaturated/α-hetero) is 1. The van der Waals surface area contributed by atoms with Gasteiger partial charge in [-0.25, -0.2) is 14.5 Å². The maximum Gasteiger partial charge on any atom is 0.417 e. The lowest BCUT2D eigenvalue weighted by Gasteiger charge is -2.33. The molecule has 2 atom stereocenters. The predicted octanol–water partition coefficient (Wildman–Crippen LogP) is 7.74. The molecule has 0 fully saturated rings. The third-order valence-corrected chi connectivity index (χ3v) is 8.81. The van der Waals surface area contributed by atoms with Gasteiger partial charge in [0.1, 0.15) is 11.7 Å². The van der Waals surface area contributed by atoms with Gasteiger partial charge in [-0.3, -0.25) is 4.79 Å². The normalized spacial score (nSPS) is 14.4. The SMILES string of the molecule is CCCC[C@@H](C(=O)COC(=O)c1c(C(F)(F)F)cccc1C(F)(F)F)n1cc([C@@](C)(NCc2ccc3scnc3c2)C(C)C)nn1. The summed E-state index contributed by atoms with van der Waals surface area (Å²) in [4.78, 5) is 30.4. The minimum atomic E-state index is -5.27. The van der Waals surface area contributed by atoms with Crippen molar-refractivity contribution < 1.29 is 40.7 Å². The molecule has 0 unspecified atom stereocenters. The second kappa shape index (κ2) is 13.9. The summed E-state index contributed by atoms with van der Waals surface area (Å²) in [6, 6.07) is 6.21. The maximum atomic E-state index is 13.6. The second-order valence-electron chi connectivity index (χ2n) is 11.4. The molecule has 8 nitrogen and oxygen atoms in total. The van der Waals surface area contributed by atoms with E-state index >= 15 is 0 Å². The lowest BCUT2D eigenvalue weighted by atomic mass is 9.85. The number of carbonyl (C=O) groups is 2. The Labute approximate surface area is 265 Å². The molecule has 0 aliphatic heterocycles. The zero-order valence-corrected chi connectivity index (χ0v) is 26.3. The molecule has 0 radical (unpaired) electrons. The van der Waals surface area contributed by atoms with Gasteiger partial charge in [-0.2, -0.15) is 26.3 Å². The first-order chi connectivity index (χ1) is 21.6. The number of nitrogens with one attached hydrogen (secondary N) is 1. The van der Waals surface area contributed by atoms with E-state index in [-0.39, 0.29) is 12.3 Å². The minimum absolute atomic E-state index is 0.00271. The molecule has 4 rings (SSSR count). The molecule has 0 aliphatic carbocycles. The Morgan fingerprint density at radius 2 is 1.72 bits per heavy atom. The van der Waals surface area contributed by atoms with Crippen molar-refractivity contribution in [1.29, 1.82) is 0 Å². The first-order valence-corrected chi connectivity index (χ1v) is 15.4. The number of hydrogen-bond donors (Lipinski definition) is 1. The topological polar surface area (TPSA) is 99.0 Å². The fourth-order valence-corrected chi connectivity index (χ4v) is 5.60. The van der Waals surface area contributed by atoms with Crippen LogP contribution in [0.1, 0.15) is 85.7 Å². The van der Waals surface area contributed by atoms with E-state index in [0.29, 0.717) is 43.3 Å². The summed E-state index contributed by atoms with van der Waals surface area (Å²) in [6.45, 7) is 7.21. The van der Waals surface area contributed by atoms with E-state index in [1.54, 1.807) is 23.0 Å². The molecule has 2 aromatic heterocycles. The Bertz CT molecular complexity index is 1650. The van der Waals surface area contributed by atoms with E-state index in [9.17, 15) is 35.9 Å². The molecule has 248 valence electrons. The van der Waals surface area contributed by atoms with Gasteiger partial charge in [0.05, 0.1) is 44.2 Å². The largest absolute Gasteiger partial charge is 0.454 e. The molecule has 0 amide bonds. The summed E-state index contributed by atoms with van der Waals surface area (Å²) >= 11 is 1.54. The second-order valence-corrected chi connectivity index (χ2v) is 12.3. The Kier molecular flexibility index (Phi) is 10.6. The van der Waals surface area contributed by atoms with Gasteiger partial charge < -0.3 is 10.1 Å². The van der Waals surface area contributed by atoms with Crippen LogP contribution in [0.2, 0.25) is 0 Å². The fraction of sp³-hybridized carbons (Fsp3) is 0.452. The van der Waals surface area contributed by atoms with Crippen LogP contribution >= 0.6 is 11.3 Å². The molecule has 46 heavy (non-hydrogen) atoms. The fourth-order valence-electron chi connectivity index (χ4n) is 4.94. The van der Waals surface area contributed by atoms with Gasteiger partial charge in [0, 0.05) is 6.54 Å². The Morgan fingerprint density at radius 3 is 2.33 bits per heavy atom. The van der Waals surface area contributed by atoms with Gasteiger partial charge in [-0.05, 0) is 49.1 Å². The highest BCUT2D eigenvalue weighted by molar-refractivity contribution is 7.16. The van der Waals surface area contributed by atoms with E-state index in [2.05, 4.69) is 20.6 Å². The molecule has 0 aliphatic rings. The molecule has 0 saturated heterocycles. The van der Waals surface area contributed by atoms with Gasteiger partial charge in [0.2, 0.25) is 0 Å². The number of ketones is 1. The summed E-state index contributed by atoms with van der Waals surface area (Å²) in [7, 11) is 0. The Hall–Kier alpha value is -3.85. The number of thiazole rings is 1. The first-order valence-electron chi connectivity index (χ1n) is 14.5. The number of alkyl halides is 6. The molecule has 0 bridgehead atoms. The monoisotopic (exact) mass is 669 g/mol. The minimum Gasteiger partial charge on any atom is -0.454 e. The molecule has 1 N–H and O–H groups in total. The highest BCUT2D eigenvalue weighted by atomic mass is 32.1. The molecule has 2 aromatic carbocycles. The summed E-state index contributed by atoms with van der Waals surface area (Å²) in [5, 5.41) is 12.0. The third kappa shape index (κ3) is 7.74. The summed E-state index contributed by atoms with van der Waals surface area (Å²) in [5.41, 5.74) is -1.86. The number of rotatable bonds is 13. The van der Waals surface area contributed by atoms with Crippen LogP contribution in [0.25, 0.3) is 10.2 Å². The number of benzene rings is 2. The highest BCUT2D eigenvalue weighted by Gasteiger charge is 2.43.